The van der Waals surface area contributed by atoms with Gasteiger partial charge in [-0.3, -0.25) is 4.79 Å². The Morgan fingerprint density at radius 2 is 1.57 bits per heavy atom. The van der Waals surface area contributed by atoms with E-state index >= 15 is 0 Å². The van der Waals surface area contributed by atoms with Gasteiger partial charge < -0.3 is 15.5 Å². The lowest BCUT2D eigenvalue weighted by Gasteiger charge is -2.28. The molecule has 2 N–H and O–H groups in total. The topological polar surface area (TPSA) is 70.2 Å². The Balaban J connectivity index is 1.28. The van der Waals surface area contributed by atoms with Crippen LogP contribution >= 0.6 is 0 Å². The highest BCUT2D eigenvalue weighted by molar-refractivity contribution is 6.05. The zero-order chi connectivity index (χ0) is 24.0. The molecule has 6 nitrogen and oxygen atoms in total. The zero-order valence-electron chi connectivity index (χ0n) is 19.9. The van der Waals surface area contributed by atoms with Crippen LogP contribution in [0.25, 0.3) is 11.3 Å². The number of benzene rings is 3. The van der Waals surface area contributed by atoms with E-state index in [1.54, 1.807) is 0 Å². The van der Waals surface area contributed by atoms with E-state index in [0.717, 1.165) is 35.7 Å². The molecule has 0 aliphatic carbocycles. The summed E-state index contributed by atoms with van der Waals surface area (Å²) in [6.45, 7) is 4.08. The molecule has 1 fully saturated rings. The molecule has 0 radical (unpaired) electrons. The monoisotopic (exact) mass is 463 g/mol. The molecule has 176 valence electrons. The zero-order valence-corrected chi connectivity index (χ0v) is 19.9. The van der Waals surface area contributed by atoms with Crippen LogP contribution in [-0.4, -0.2) is 29.0 Å². The molecular formula is C29H29N5O. The van der Waals surface area contributed by atoms with Crippen LogP contribution in [0.4, 0.5) is 22.9 Å². The van der Waals surface area contributed by atoms with Crippen molar-refractivity contribution in [2.75, 3.05) is 28.6 Å². The highest BCUT2D eigenvalue weighted by Crippen LogP contribution is 2.24. The third-order valence-corrected chi connectivity index (χ3v) is 6.15. The van der Waals surface area contributed by atoms with E-state index in [9.17, 15) is 4.79 Å². The molecule has 1 amide bonds. The van der Waals surface area contributed by atoms with Crippen LogP contribution in [0.2, 0.25) is 0 Å². The Morgan fingerprint density at radius 1 is 0.800 bits per heavy atom. The number of nitrogens with zero attached hydrogens (tertiary/aromatic N) is 3. The Morgan fingerprint density at radius 3 is 2.34 bits per heavy atom. The van der Waals surface area contributed by atoms with E-state index < -0.39 is 0 Å². The number of hydrogen-bond donors (Lipinski definition) is 2. The van der Waals surface area contributed by atoms with Crippen molar-refractivity contribution in [2.45, 2.75) is 26.2 Å². The molecule has 1 aromatic heterocycles. The maximum atomic E-state index is 12.9. The summed E-state index contributed by atoms with van der Waals surface area (Å²) in [7, 11) is 0. The van der Waals surface area contributed by atoms with E-state index in [2.05, 4.69) is 37.6 Å². The van der Waals surface area contributed by atoms with E-state index in [0.29, 0.717) is 17.2 Å². The number of anilines is 4. The SMILES string of the molecule is Cc1nc(Nc2cccc(C(=O)Nc3ccc(N4CCCCC4)cc3)c2)cc(-c2ccccc2)n1. The molecule has 5 rings (SSSR count). The lowest BCUT2D eigenvalue weighted by atomic mass is 10.1. The molecule has 1 aliphatic heterocycles. The highest BCUT2D eigenvalue weighted by atomic mass is 16.1. The van der Waals surface area contributed by atoms with Crippen LogP contribution < -0.4 is 15.5 Å². The third kappa shape index (κ3) is 5.66. The minimum Gasteiger partial charge on any atom is -0.372 e. The summed E-state index contributed by atoms with van der Waals surface area (Å²) in [5.41, 5.74) is 5.24. The Kier molecular flexibility index (Phi) is 6.70. The first kappa shape index (κ1) is 22.6. The summed E-state index contributed by atoms with van der Waals surface area (Å²) < 4.78 is 0. The summed E-state index contributed by atoms with van der Waals surface area (Å²) in [5.74, 6) is 1.21. The molecule has 1 aliphatic rings. The fourth-order valence-corrected chi connectivity index (χ4v) is 4.39. The molecule has 4 aromatic rings. The van der Waals surface area contributed by atoms with Crippen molar-refractivity contribution >= 4 is 28.8 Å². The minimum atomic E-state index is -0.150. The molecule has 0 atom stereocenters. The summed E-state index contributed by atoms with van der Waals surface area (Å²) in [6, 6.07) is 27.5. The van der Waals surface area contributed by atoms with Crippen molar-refractivity contribution in [3.05, 3.63) is 96.3 Å². The largest absolute Gasteiger partial charge is 0.372 e. The van der Waals surface area contributed by atoms with Crippen molar-refractivity contribution in [3.63, 3.8) is 0 Å². The van der Waals surface area contributed by atoms with Gasteiger partial charge in [0.25, 0.3) is 5.91 Å². The van der Waals surface area contributed by atoms with Gasteiger partial charge in [-0.15, -0.1) is 0 Å². The molecule has 0 spiro atoms. The average Bonchev–Trinajstić information content (AvgIpc) is 2.90. The summed E-state index contributed by atoms with van der Waals surface area (Å²) >= 11 is 0. The van der Waals surface area contributed by atoms with Gasteiger partial charge in [-0.25, -0.2) is 9.97 Å². The molecule has 1 saturated heterocycles. The second kappa shape index (κ2) is 10.4. The number of aryl methyl sites for hydroxylation is 1. The van der Waals surface area contributed by atoms with Gasteiger partial charge in [-0.05, 0) is 68.7 Å². The van der Waals surface area contributed by atoms with E-state index in [-0.39, 0.29) is 5.91 Å². The van der Waals surface area contributed by atoms with Gasteiger partial charge in [0, 0.05) is 47.3 Å². The molecule has 0 bridgehead atoms. The minimum absolute atomic E-state index is 0.150. The number of carbonyl (C=O) groups excluding carboxylic acids is 1. The van der Waals surface area contributed by atoms with Crippen LogP contribution in [0.3, 0.4) is 0 Å². The molecule has 3 aromatic carbocycles. The predicted octanol–water partition coefficient (Wildman–Crippen LogP) is 6.44. The van der Waals surface area contributed by atoms with Crippen molar-refractivity contribution in [1.82, 2.24) is 9.97 Å². The number of hydrogen-bond acceptors (Lipinski definition) is 5. The van der Waals surface area contributed by atoms with Gasteiger partial charge in [-0.2, -0.15) is 0 Å². The van der Waals surface area contributed by atoms with Crippen molar-refractivity contribution in [1.29, 1.82) is 0 Å². The van der Waals surface area contributed by atoms with E-state index in [1.165, 1.54) is 24.9 Å². The molecule has 0 unspecified atom stereocenters. The highest BCUT2D eigenvalue weighted by Gasteiger charge is 2.12. The molecule has 2 heterocycles. The third-order valence-electron chi connectivity index (χ3n) is 6.15. The van der Waals surface area contributed by atoms with Crippen molar-refractivity contribution in [2.24, 2.45) is 0 Å². The van der Waals surface area contributed by atoms with Gasteiger partial charge in [0.15, 0.2) is 0 Å². The van der Waals surface area contributed by atoms with Gasteiger partial charge in [-0.1, -0.05) is 36.4 Å². The van der Waals surface area contributed by atoms with Crippen molar-refractivity contribution < 1.29 is 4.79 Å². The second-order valence-corrected chi connectivity index (χ2v) is 8.81. The lowest BCUT2D eigenvalue weighted by Crippen LogP contribution is -2.29. The first-order valence-corrected chi connectivity index (χ1v) is 12.1. The first-order valence-electron chi connectivity index (χ1n) is 12.1. The second-order valence-electron chi connectivity index (χ2n) is 8.81. The maximum Gasteiger partial charge on any atom is 0.255 e. The number of rotatable bonds is 6. The Hall–Kier alpha value is -4.19. The summed E-state index contributed by atoms with van der Waals surface area (Å²) in [4.78, 5) is 24.4. The van der Waals surface area contributed by atoms with Crippen LogP contribution in [0.15, 0.2) is 84.9 Å². The van der Waals surface area contributed by atoms with Gasteiger partial charge in [0.05, 0.1) is 5.69 Å². The molecule has 0 saturated carbocycles. The first-order chi connectivity index (χ1) is 17.1. The molecule has 6 heteroatoms. The summed E-state index contributed by atoms with van der Waals surface area (Å²) in [5, 5.41) is 6.33. The number of nitrogens with one attached hydrogen (secondary N) is 2. The van der Waals surface area contributed by atoms with Crippen LogP contribution in [-0.2, 0) is 0 Å². The molecule has 35 heavy (non-hydrogen) atoms. The van der Waals surface area contributed by atoms with Crippen LogP contribution in [0, 0.1) is 6.92 Å². The fraction of sp³-hybridized carbons (Fsp3) is 0.207. The maximum absolute atomic E-state index is 12.9. The Labute approximate surface area is 206 Å². The summed E-state index contributed by atoms with van der Waals surface area (Å²) in [6.07, 6.45) is 3.79. The lowest BCUT2D eigenvalue weighted by molar-refractivity contribution is 0.102. The molecular weight excluding hydrogens is 434 g/mol. The van der Waals surface area contributed by atoms with Crippen LogP contribution in [0.5, 0.6) is 0 Å². The van der Waals surface area contributed by atoms with Crippen LogP contribution in [0.1, 0.15) is 35.4 Å². The van der Waals surface area contributed by atoms with Gasteiger partial charge >= 0.3 is 0 Å². The Bertz CT molecular complexity index is 1300. The quantitative estimate of drug-likeness (QED) is 0.344. The van der Waals surface area contributed by atoms with Gasteiger partial charge in [0.2, 0.25) is 0 Å². The fourth-order valence-electron chi connectivity index (χ4n) is 4.39. The normalized spacial score (nSPS) is 13.3. The standard InChI is InChI=1S/C29H29N5O/c1-21-30-27(22-9-4-2-5-10-22)20-28(31-21)32-25-12-8-11-23(19-25)29(35)33-24-13-15-26(16-14-24)34-17-6-3-7-18-34/h2,4-5,8-16,19-20H,3,6-7,17-18H2,1H3,(H,33,35)(H,30,31,32). The number of aromatic nitrogens is 2. The smallest absolute Gasteiger partial charge is 0.255 e. The number of carbonyl (C=O) groups is 1. The predicted molar refractivity (Wildman–Crippen MR) is 142 cm³/mol. The van der Waals surface area contributed by atoms with Gasteiger partial charge in [0.1, 0.15) is 11.6 Å². The van der Waals surface area contributed by atoms with Crippen molar-refractivity contribution in [3.8, 4) is 11.3 Å². The number of amides is 1. The number of piperidine rings is 1. The van der Waals surface area contributed by atoms with E-state index in [4.69, 9.17) is 0 Å². The average molecular weight is 464 g/mol. The van der Waals surface area contributed by atoms with E-state index in [1.807, 2.05) is 79.7 Å².